The van der Waals surface area contributed by atoms with Crippen molar-refractivity contribution in [3.8, 4) is 0 Å². The molecule has 1 atom stereocenters. The summed E-state index contributed by atoms with van der Waals surface area (Å²) in [6.45, 7) is 0. The molecule has 0 fully saturated rings. The zero-order valence-electron chi connectivity index (χ0n) is 11.0. The lowest BCUT2D eigenvalue weighted by molar-refractivity contribution is -0.122. The molecule has 0 radical (unpaired) electrons. The summed E-state index contributed by atoms with van der Waals surface area (Å²) in [5.74, 6) is 5.36. The Hall–Kier alpha value is -1.98. The number of hydrazine groups is 1. The van der Waals surface area contributed by atoms with Gasteiger partial charge in [-0.2, -0.15) is 0 Å². The minimum absolute atomic E-state index is 0.196. The molecule has 0 spiro atoms. The van der Waals surface area contributed by atoms with Crippen LogP contribution in [0.25, 0.3) is 0 Å². The van der Waals surface area contributed by atoms with Crippen LogP contribution in [-0.2, 0) is 4.79 Å². The van der Waals surface area contributed by atoms with Crippen LogP contribution in [0.2, 0.25) is 0 Å². The number of para-hydroxylation sites is 1. The van der Waals surface area contributed by atoms with E-state index in [1.54, 1.807) is 11.8 Å². The van der Waals surface area contributed by atoms with Crippen LogP contribution in [0.5, 0.6) is 0 Å². The number of carbonyl (C=O) groups is 1. The maximum atomic E-state index is 11.9. The molecule has 104 valence electrons. The highest BCUT2D eigenvalue weighted by atomic mass is 32.2. The maximum Gasteiger partial charge on any atom is 0.242 e. The average molecular weight is 287 g/mol. The van der Waals surface area contributed by atoms with Crippen molar-refractivity contribution in [2.24, 2.45) is 5.84 Å². The fraction of sp³-hybridized carbons (Fsp3) is 0.133. The predicted molar refractivity (Wildman–Crippen MR) is 83.1 cm³/mol. The number of anilines is 1. The number of benzene rings is 2. The number of thioether (sulfide) groups is 1. The molecule has 2 aromatic rings. The van der Waals surface area contributed by atoms with Crippen LogP contribution in [0.3, 0.4) is 0 Å². The van der Waals surface area contributed by atoms with E-state index in [4.69, 9.17) is 11.6 Å². The molecular formula is C15H17N3OS. The number of amides is 1. The van der Waals surface area contributed by atoms with Gasteiger partial charge in [-0.25, -0.2) is 5.84 Å². The van der Waals surface area contributed by atoms with E-state index < -0.39 is 0 Å². The summed E-state index contributed by atoms with van der Waals surface area (Å²) in [7, 11) is 0. The molecule has 4 nitrogen and oxygen atoms in total. The number of nitrogens with two attached hydrogens (primary N) is 2. The summed E-state index contributed by atoms with van der Waals surface area (Å²) in [4.78, 5) is 12.9. The van der Waals surface area contributed by atoms with Crippen LogP contribution >= 0.6 is 11.8 Å². The summed E-state index contributed by atoms with van der Waals surface area (Å²) >= 11 is 1.55. The van der Waals surface area contributed by atoms with Gasteiger partial charge in [0.25, 0.3) is 0 Å². The lowest BCUT2D eigenvalue weighted by atomic mass is 10.0. The molecule has 0 aliphatic heterocycles. The second-order valence-electron chi connectivity index (χ2n) is 4.32. The van der Waals surface area contributed by atoms with Crippen LogP contribution in [0.1, 0.15) is 11.5 Å². The Morgan fingerprint density at radius 2 is 1.75 bits per heavy atom. The third-order valence-electron chi connectivity index (χ3n) is 2.99. The van der Waals surface area contributed by atoms with Gasteiger partial charge in [-0.15, -0.1) is 11.8 Å². The fourth-order valence-corrected chi connectivity index (χ4v) is 2.99. The van der Waals surface area contributed by atoms with Crippen molar-refractivity contribution in [1.82, 2.24) is 5.43 Å². The third-order valence-corrected chi connectivity index (χ3v) is 4.17. The molecule has 0 heterocycles. The molecule has 5 heteroatoms. The Morgan fingerprint density at radius 1 is 1.10 bits per heavy atom. The zero-order chi connectivity index (χ0) is 14.4. The molecule has 0 aliphatic rings. The Morgan fingerprint density at radius 3 is 2.40 bits per heavy atom. The number of rotatable bonds is 5. The molecule has 0 saturated heterocycles. The molecule has 1 unspecified atom stereocenters. The van der Waals surface area contributed by atoms with Gasteiger partial charge in [0.05, 0.1) is 5.92 Å². The first-order chi connectivity index (χ1) is 9.72. The first-order valence-corrected chi connectivity index (χ1v) is 7.23. The normalized spacial score (nSPS) is 11.8. The van der Waals surface area contributed by atoms with E-state index in [1.807, 2.05) is 54.6 Å². The van der Waals surface area contributed by atoms with Crippen LogP contribution in [0.4, 0.5) is 5.69 Å². The molecule has 0 saturated carbocycles. The van der Waals surface area contributed by atoms with E-state index in [-0.39, 0.29) is 11.8 Å². The van der Waals surface area contributed by atoms with Crippen molar-refractivity contribution in [1.29, 1.82) is 0 Å². The minimum atomic E-state index is -0.300. The molecule has 1 amide bonds. The van der Waals surface area contributed by atoms with Crippen molar-refractivity contribution in [3.63, 3.8) is 0 Å². The number of hydrogen-bond acceptors (Lipinski definition) is 4. The van der Waals surface area contributed by atoms with Crippen LogP contribution in [-0.4, -0.2) is 11.7 Å². The quantitative estimate of drug-likeness (QED) is 0.259. The highest BCUT2D eigenvalue weighted by Crippen LogP contribution is 2.29. The standard InChI is InChI=1S/C15H17N3OS/c16-13-8-4-5-9-14(13)20-10-12(15(19)18-17)11-6-2-1-3-7-11/h1-9,12H,10,16-17H2,(H,18,19). The van der Waals surface area contributed by atoms with E-state index in [9.17, 15) is 4.79 Å². The molecule has 0 aromatic heterocycles. The van der Waals surface area contributed by atoms with Crippen molar-refractivity contribution in [2.75, 3.05) is 11.5 Å². The lowest BCUT2D eigenvalue weighted by Gasteiger charge is -2.15. The van der Waals surface area contributed by atoms with E-state index in [1.165, 1.54) is 0 Å². The molecule has 0 bridgehead atoms. The number of nitrogens with one attached hydrogen (secondary N) is 1. The van der Waals surface area contributed by atoms with E-state index in [0.717, 1.165) is 16.1 Å². The molecule has 2 rings (SSSR count). The van der Waals surface area contributed by atoms with Crippen LogP contribution < -0.4 is 17.0 Å². The largest absolute Gasteiger partial charge is 0.398 e. The third kappa shape index (κ3) is 3.53. The molecule has 20 heavy (non-hydrogen) atoms. The van der Waals surface area contributed by atoms with Gasteiger partial charge in [0.2, 0.25) is 5.91 Å². The number of carbonyl (C=O) groups excluding carboxylic acids is 1. The first kappa shape index (κ1) is 14.4. The summed E-state index contributed by atoms with van der Waals surface area (Å²) in [5, 5.41) is 0. The Kier molecular flexibility index (Phi) is 5.03. The average Bonchev–Trinajstić information content (AvgIpc) is 2.50. The monoisotopic (exact) mass is 287 g/mol. The maximum absolute atomic E-state index is 11.9. The van der Waals surface area contributed by atoms with Gasteiger partial charge in [0.15, 0.2) is 0 Å². The summed E-state index contributed by atoms with van der Waals surface area (Å²) in [6.07, 6.45) is 0. The van der Waals surface area contributed by atoms with Crippen LogP contribution in [0, 0.1) is 0 Å². The summed E-state index contributed by atoms with van der Waals surface area (Å²) < 4.78 is 0. The SMILES string of the molecule is NNC(=O)C(CSc1ccccc1N)c1ccccc1. The highest BCUT2D eigenvalue weighted by Gasteiger charge is 2.20. The molecular weight excluding hydrogens is 270 g/mol. The van der Waals surface area contributed by atoms with Gasteiger partial charge in [0, 0.05) is 16.3 Å². The smallest absolute Gasteiger partial charge is 0.242 e. The fourth-order valence-electron chi connectivity index (χ4n) is 1.89. The van der Waals surface area contributed by atoms with Crippen LogP contribution in [0.15, 0.2) is 59.5 Å². The summed E-state index contributed by atoms with van der Waals surface area (Å²) in [6, 6.07) is 17.2. The van der Waals surface area contributed by atoms with E-state index in [0.29, 0.717) is 5.75 Å². The van der Waals surface area contributed by atoms with Crippen molar-refractivity contribution in [2.45, 2.75) is 10.8 Å². The predicted octanol–water partition coefficient (Wildman–Crippen LogP) is 2.13. The lowest BCUT2D eigenvalue weighted by Crippen LogP contribution is -2.35. The summed E-state index contributed by atoms with van der Waals surface area (Å²) in [5.41, 5.74) is 9.80. The van der Waals surface area contributed by atoms with Crippen molar-refractivity contribution in [3.05, 3.63) is 60.2 Å². The second-order valence-corrected chi connectivity index (χ2v) is 5.38. The molecule has 2 aromatic carbocycles. The van der Waals surface area contributed by atoms with Gasteiger partial charge in [0.1, 0.15) is 0 Å². The first-order valence-electron chi connectivity index (χ1n) is 6.25. The highest BCUT2D eigenvalue weighted by molar-refractivity contribution is 7.99. The topological polar surface area (TPSA) is 81.1 Å². The van der Waals surface area contributed by atoms with Gasteiger partial charge < -0.3 is 5.73 Å². The molecule has 5 N–H and O–H groups in total. The number of hydrogen-bond donors (Lipinski definition) is 3. The van der Waals surface area contributed by atoms with Gasteiger partial charge in [-0.05, 0) is 17.7 Å². The van der Waals surface area contributed by atoms with Gasteiger partial charge >= 0.3 is 0 Å². The van der Waals surface area contributed by atoms with Gasteiger partial charge in [-0.3, -0.25) is 10.2 Å². The second kappa shape index (κ2) is 6.98. The Bertz CT molecular complexity index is 574. The Balaban J connectivity index is 2.14. The van der Waals surface area contributed by atoms with Crippen molar-refractivity contribution < 1.29 is 4.79 Å². The van der Waals surface area contributed by atoms with Gasteiger partial charge in [-0.1, -0.05) is 42.5 Å². The zero-order valence-corrected chi connectivity index (χ0v) is 11.8. The Labute approximate surface area is 122 Å². The van der Waals surface area contributed by atoms with E-state index in [2.05, 4.69) is 5.43 Å². The molecule has 0 aliphatic carbocycles. The number of nitrogen functional groups attached to an aromatic ring is 1. The minimum Gasteiger partial charge on any atom is -0.398 e. The van der Waals surface area contributed by atoms with Crippen molar-refractivity contribution >= 4 is 23.4 Å². The van der Waals surface area contributed by atoms with E-state index >= 15 is 0 Å².